The highest BCUT2D eigenvalue weighted by atomic mass is 19.4. The fraction of sp³-hybridized carbons (Fsp3) is 0.294. The normalized spacial score (nSPS) is 17.7. The first-order valence-corrected chi connectivity index (χ1v) is 8.02. The maximum absolute atomic E-state index is 12.8. The Morgan fingerprint density at radius 1 is 1.23 bits per heavy atom. The Kier molecular flexibility index (Phi) is 3.95. The molecule has 1 aliphatic rings. The molecule has 9 heteroatoms. The average molecular weight is 364 g/mol. The first-order valence-electron chi connectivity index (χ1n) is 8.02. The van der Waals surface area contributed by atoms with Crippen LogP contribution in [0.4, 0.5) is 19.1 Å². The van der Waals surface area contributed by atoms with Gasteiger partial charge in [-0.15, -0.1) is 10.2 Å². The van der Waals surface area contributed by atoms with Crippen LogP contribution in [0.5, 0.6) is 5.75 Å². The van der Waals surface area contributed by atoms with E-state index in [2.05, 4.69) is 15.5 Å². The van der Waals surface area contributed by atoms with Crippen molar-refractivity contribution >= 4 is 11.5 Å². The molecule has 0 bridgehead atoms. The molecule has 1 aliphatic heterocycles. The van der Waals surface area contributed by atoms with E-state index in [1.807, 2.05) is 0 Å². The number of halogens is 3. The van der Waals surface area contributed by atoms with Gasteiger partial charge in [0.25, 0.3) is 0 Å². The molecule has 0 spiro atoms. The second kappa shape index (κ2) is 6.17. The molecular formula is C17H15F3N4O2. The monoisotopic (exact) mass is 364 g/mol. The molecule has 0 aliphatic carbocycles. The topological polar surface area (TPSA) is 71.7 Å². The lowest BCUT2D eigenvalue weighted by atomic mass is 10.1. The molecule has 0 amide bonds. The summed E-state index contributed by atoms with van der Waals surface area (Å²) in [5.41, 5.74) is 0.188. The van der Waals surface area contributed by atoms with Gasteiger partial charge in [-0.05, 0) is 36.8 Å². The molecule has 136 valence electrons. The van der Waals surface area contributed by atoms with Gasteiger partial charge in [-0.3, -0.25) is 4.40 Å². The molecule has 2 N–H and O–H groups in total. The molecule has 6 nitrogen and oxygen atoms in total. The number of aromatic hydroxyl groups is 1. The number of hydrogen-bond donors (Lipinski definition) is 2. The summed E-state index contributed by atoms with van der Waals surface area (Å²) in [6, 6.07) is 6.47. The largest absolute Gasteiger partial charge is 0.507 e. The van der Waals surface area contributed by atoms with Gasteiger partial charge in [0.2, 0.25) is 5.95 Å². The van der Waals surface area contributed by atoms with E-state index in [4.69, 9.17) is 4.74 Å². The molecule has 1 aromatic carbocycles. The SMILES string of the molecule is Oc1cc(C(F)(F)F)ccc1-c1nnc(N[C@H]2CCOC2)n2cccc12. The van der Waals surface area contributed by atoms with Crippen molar-refractivity contribution in [2.45, 2.75) is 18.6 Å². The van der Waals surface area contributed by atoms with E-state index in [-0.39, 0.29) is 11.6 Å². The van der Waals surface area contributed by atoms with Gasteiger partial charge in [0.05, 0.1) is 23.7 Å². The molecule has 1 atom stereocenters. The number of aromatic nitrogens is 3. The Morgan fingerprint density at radius 3 is 2.77 bits per heavy atom. The van der Waals surface area contributed by atoms with Crippen LogP contribution in [0.15, 0.2) is 36.5 Å². The van der Waals surface area contributed by atoms with Crippen LogP contribution in [0.2, 0.25) is 0 Å². The van der Waals surface area contributed by atoms with Gasteiger partial charge in [-0.1, -0.05) is 0 Å². The highest BCUT2D eigenvalue weighted by molar-refractivity contribution is 5.81. The van der Waals surface area contributed by atoms with Gasteiger partial charge in [0.1, 0.15) is 11.4 Å². The summed E-state index contributed by atoms with van der Waals surface area (Å²) < 4.78 is 45.4. The third kappa shape index (κ3) is 2.94. The van der Waals surface area contributed by atoms with E-state index in [9.17, 15) is 18.3 Å². The number of nitrogens with zero attached hydrogens (tertiary/aromatic N) is 3. The lowest BCUT2D eigenvalue weighted by molar-refractivity contribution is -0.137. The zero-order chi connectivity index (χ0) is 18.3. The van der Waals surface area contributed by atoms with Gasteiger partial charge in [0.15, 0.2) is 0 Å². The van der Waals surface area contributed by atoms with E-state index in [1.54, 1.807) is 22.7 Å². The highest BCUT2D eigenvalue weighted by Crippen LogP contribution is 2.37. The van der Waals surface area contributed by atoms with Crippen molar-refractivity contribution in [1.82, 2.24) is 14.6 Å². The van der Waals surface area contributed by atoms with Gasteiger partial charge in [-0.2, -0.15) is 13.2 Å². The Balaban J connectivity index is 1.75. The average Bonchev–Trinajstić information content (AvgIpc) is 3.26. The van der Waals surface area contributed by atoms with Crippen LogP contribution in [-0.2, 0) is 10.9 Å². The standard InChI is InChI=1S/C17H15F3N4O2/c18-17(19,20)10-3-4-12(14(25)8-10)15-13-2-1-6-24(13)16(23-22-15)21-11-5-7-26-9-11/h1-4,6,8,11,25H,5,7,9H2,(H,21,23)/t11-/m0/s1. The number of phenolic OH excluding ortho intramolecular Hbond substituents is 1. The summed E-state index contributed by atoms with van der Waals surface area (Å²) >= 11 is 0. The maximum atomic E-state index is 12.8. The Bertz CT molecular complexity index is 949. The Morgan fingerprint density at radius 2 is 2.08 bits per heavy atom. The van der Waals surface area contributed by atoms with Crippen LogP contribution in [0, 0.1) is 0 Å². The van der Waals surface area contributed by atoms with Crippen molar-refractivity contribution in [3.8, 4) is 17.0 Å². The molecule has 3 aromatic rings. The molecule has 0 unspecified atom stereocenters. The smallest absolute Gasteiger partial charge is 0.416 e. The van der Waals surface area contributed by atoms with Crippen LogP contribution in [0.1, 0.15) is 12.0 Å². The van der Waals surface area contributed by atoms with E-state index in [1.165, 1.54) is 6.07 Å². The second-order valence-electron chi connectivity index (χ2n) is 6.07. The molecule has 0 radical (unpaired) electrons. The minimum absolute atomic E-state index is 0.125. The van der Waals surface area contributed by atoms with E-state index in [0.29, 0.717) is 36.4 Å². The fourth-order valence-corrected chi connectivity index (χ4v) is 2.98. The van der Waals surface area contributed by atoms with Crippen molar-refractivity contribution in [3.05, 3.63) is 42.1 Å². The fourth-order valence-electron chi connectivity index (χ4n) is 2.98. The van der Waals surface area contributed by atoms with Crippen molar-refractivity contribution in [2.24, 2.45) is 0 Å². The van der Waals surface area contributed by atoms with Gasteiger partial charge >= 0.3 is 6.18 Å². The molecule has 0 saturated carbocycles. The highest BCUT2D eigenvalue weighted by Gasteiger charge is 2.31. The van der Waals surface area contributed by atoms with Crippen LogP contribution < -0.4 is 5.32 Å². The number of alkyl halides is 3. The zero-order valence-electron chi connectivity index (χ0n) is 13.5. The predicted octanol–water partition coefficient (Wildman–Crippen LogP) is 3.32. The van der Waals surface area contributed by atoms with Crippen molar-refractivity contribution in [2.75, 3.05) is 18.5 Å². The second-order valence-corrected chi connectivity index (χ2v) is 6.07. The number of hydrogen-bond acceptors (Lipinski definition) is 5. The van der Waals surface area contributed by atoms with Gasteiger partial charge < -0.3 is 15.2 Å². The predicted molar refractivity (Wildman–Crippen MR) is 87.9 cm³/mol. The number of ether oxygens (including phenoxy) is 1. The van der Waals surface area contributed by atoms with E-state index >= 15 is 0 Å². The quantitative estimate of drug-likeness (QED) is 0.746. The number of fused-ring (bicyclic) bond motifs is 1. The summed E-state index contributed by atoms with van der Waals surface area (Å²) in [4.78, 5) is 0. The van der Waals surface area contributed by atoms with Gasteiger partial charge in [-0.25, -0.2) is 0 Å². The molecular weight excluding hydrogens is 349 g/mol. The lowest BCUT2D eigenvalue weighted by Crippen LogP contribution is -2.22. The first-order chi connectivity index (χ1) is 12.4. The van der Waals surface area contributed by atoms with Crippen molar-refractivity contribution in [1.29, 1.82) is 0 Å². The number of anilines is 1. The zero-order valence-corrected chi connectivity index (χ0v) is 13.5. The number of benzene rings is 1. The third-order valence-corrected chi connectivity index (χ3v) is 4.31. The molecule has 3 heterocycles. The number of rotatable bonds is 3. The minimum Gasteiger partial charge on any atom is -0.507 e. The number of phenols is 1. The summed E-state index contributed by atoms with van der Waals surface area (Å²) in [5, 5.41) is 21.6. The Labute approximate surface area is 146 Å². The molecule has 2 aromatic heterocycles. The number of nitrogens with one attached hydrogen (secondary N) is 1. The van der Waals surface area contributed by atoms with E-state index < -0.39 is 17.5 Å². The molecule has 4 rings (SSSR count). The van der Waals surface area contributed by atoms with E-state index in [0.717, 1.165) is 12.5 Å². The summed E-state index contributed by atoms with van der Waals surface area (Å²) in [6.45, 7) is 1.25. The summed E-state index contributed by atoms with van der Waals surface area (Å²) in [7, 11) is 0. The van der Waals surface area contributed by atoms with Crippen molar-refractivity contribution < 1.29 is 23.0 Å². The first kappa shape index (κ1) is 16.6. The summed E-state index contributed by atoms with van der Waals surface area (Å²) in [6.07, 6.45) is -1.90. The minimum atomic E-state index is -4.52. The van der Waals surface area contributed by atoms with Gasteiger partial charge in [0, 0.05) is 18.4 Å². The third-order valence-electron chi connectivity index (χ3n) is 4.31. The van der Waals surface area contributed by atoms with Crippen LogP contribution in [0.3, 0.4) is 0 Å². The molecule has 1 fully saturated rings. The molecule has 1 saturated heterocycles. The van der Waals surface area contributed by atoms with Crippen molar-refractivity contribution in [3.63, 3.8) is 0 Å². The Hall–Kier alpha value is -2.81. The summed E-state index contributed by atoms with van der Waals surface area (Å²) in [5.74, 6) is 0.0118. The lowest BCUT2D eigenvalue weighted by Gasteiger charge is -2.14. The van der Waals surface area contributed by atoms with Crippen LogP contribution >= 0.6 is 0 Å². The molecule has 26 heavy (non-hydrogen) atoms. The maximum Gasteiger partial charge on any atom is 0.416 e. The van der Waals surface area contributed by atoms with Crippen LogP contribution in [0.25, 0.3) is 16.8 Å². The van der Waals surface area contributed by atoms with Crippen LogP contribution in [-0.4, -0.2) is 39.0 Å².